The number of halogens is 1. The molecule has 0 aromatic heterocycles. The number of aliphatic hydroxyl groups excluding tert-OH is 1. The third-order valence-electron chi connectivity index (χ3n) is 5.61. The van der Waals surface area contributed by atoms with Gasteiger partial charge in [-0.1, -0.05) is 60.7 Å². The quantitative estimate of drug-likeness (QED) is 0.706. The Kier molecular flexibility index (Phi) is 8.49. The maximum atomic E-state index is 12.8. The largest absolute Gasteiger partial charge is 0.465 e. The lowest BCUT2D eigenvalue weighted by molar-refractivity contribution is -0.152. The number of carbonyl (C=O) groups is 1. The van der Waals surface area contributed by atoms with E-state index in [2.05, 4.69) is 4.90 Å². The first-order chi connectivity index (χ1) is 13.2. The number of carbonyl (C=O) groups excluding carboxylic acids is 1. The lowest BCUT2D eigenvalue weighted by Crippen LogP contribution is -2.48. The van der Waals surface area contributed by atoms with E-state index in [1.54, 1.807) is 0 Å². The second-order valence-electron chi connectivity index (χ2n) is 7.23. The van der Waals surface area contributed by atoms with Gasteiger partial charge in [0, 0.05) is 6.54 Å². The molecule has 1 N–H and O–H groups in total. The van der Waals surface area contributed by atoms with E-state index in [1.165, 1.54) is 0 Å². The van der Waals surface area contributed by atoms with Gasteiger partial charge in [0.05, 0.1) is 18.1 Å². The van der Waals surface area contributed by atoms with E-state index in [0.29, 0.717) is 13.0 Å². The van der Waals surface area contributed by atoms with Crippen LogP contribution >= 0.6 is 12.4 Å². The number of hydrogen-bond acceptors (Lipinski definition) is 4. The summed E-state index contributed by atoms with van der Waals surface area (Å²) >= 11 is 0. The molecule has 2 aromatic rings. The van der Waals surface area contributed by atoms with E-state index in [-0.39, 0.29) is 18.4 Å². The van der Waals surface area contributed by atoms with Crippen LogP contribution in [0.5, 0.6) is 0 Å². The molecule has 3 rings (SSSR count). The van der Waals surface area contributed by atoms with Gasteiger partial charge in [0.2, 0.25) is 0 Å². The van der Waals surface area contributed by atoms with Crippen molar-refractivity contribution >= 4 is 18.4 Å². The summed E-state index contributed by atoms with van der Waals surface area (Å²) in [5.41, 5.74) is 1.46. The Labute approximate surface area is 173 Å². The topological polar surface area (TPSA) is 49.8 Å². The van der Waals surface area contributed by atoms with Crippen molar-refractivity contribution < 1.29 is 14.6 Å². The highest BCUT2D eigenvalue weighted by molar-refractivity contribution is 5.85. The van der Waals surface area contributed by atoms with Crippen molar-refractivity contribution in [2.45, 2.75) is 37.7 Å². The first-order valence-electron chi connectivity index (χ1n) is 9.84. The minimum Gasteiger partial charge on any atom is -0.465 e. The Bertz CT molecular complexity index is 715. The van der Waals surface area contributed by atoms with E-state index >= 15 is 0 Å². The van der Waals surface area contributed by atoms with Gasteiger partial charge in [0.15, 0.2) is 0 Å². The maximum absolute atomic E-state index is 12.8. The molecule has 0 saturated carbocycles. The molecular formula is C23H30ClNO3. The minimum absolute atomic E-state index is 0. The van der Waals surface area contributed by atoms with E-state index < -0.39 is 11.5 Å². The van der Waals surface area contributed by atoms with E-state index in [4.69, 9.17) is 4.74 Å². The van der Waals surface area contributed by atoms with Crippen LogP contribution in [0.1, 0.15) is 43.4 Å². The fourth-order valence-electron chi connectivity index (χ4n) is 3.94. The zero-order chi connectivity index (χ0) is 19.1. The lowest BCUT2D eigenvalue weighted by atomic mass is 9.72. The van der Waals surface area contributed by atoms with Crippen LogP contribution in [0.4, 0.5) is 0 Å². The highest BCUT2D eigenvalue weighted by Crippen LogP contribution is 2.37. The number of hydrogen-bond donors (Lipinski definition) is 1. The van der Waals surface area contributed by atoms with E-state index in [0.717, 1.165) is 43.6 Å². The van der Waals surface area contributed by atoms with Gasteiger partial charge in [-0.15, -0.1) is 12.4 Å². The zero-order valence-electron chi connectivity index (χ0n) is 16.4. The number of likely N-dealkylation sites (tertiary alicyclic amines) is 1. The summed E-state index contributed by atoms with van der Waals surface area (Å²) in [4.78, 5) is 15.1. The van der Waals surface area contributed by atoms with Gasteiger partial charge in [-0.25, -0.2) is 0 Å². The first-order valence-corrected chi connectivity index (χ1v) is 9.84. The lowest BCUT2D eigenvalue weighted by Gasteiger charge is -2.40. The molecule has 5 heteroatoms. The number of nitrogens with zero attached hydrogens (tertiary/aromatic N) is 1. The Hall–Kier alpha value is -1.88. The van der Waals surface area contributed by atoms with Crippen LogP contribution in [0.2, 0.25) is 0 Å². The number of ether oxygens (including phenoxy) is 1. The molecule has 0 unspecified atom stereocenters. The molecule has 0 spiro atoms. The molecule has 2 aromatic carbocycles. The van der Waals surface area contributed by atoms with Crippen molar-refractivity contribution in [2.75, 3.05) is 26.2 Å². The van der Waals surface area contributed by atoms with Gasteiger partial charge in [-0.2, -0.15) is 0 Å². The van der Waals surface area contributed by atoms with Crippen molar-refractivity contribution in [1.82, 2.24) is 4.90 Å². The van der Waals surface area contributed by atoms with Crippen LogP contribution < -0.4 is 0 Å². The van der Waals surface area contributed by atoms with Gasteiger partial charge in [0.1, 0.15) is 0 Å². The minimum atomic E-state index is -0.550. The third-order valence-corrected chi connectivity index (χ3v) is 5.61. The second kappa shape index (κ2) is 10.6. The van der Waals surface area contributed by atoms with Crippen molar-refractivity contribution in [3.05, 3.63) is 71.8 Å². The normalized spacial score (nSPS) is 17.4. The summed E-state index contributed by atoms with van der Waals surface area (Å²) in [5, 5.41) is 10.4. The van der Waals surface area contributed by atoms with Crippen molar-refractivity contribution in [1.29, 1.82) is 0 Å². The molecule has 1 saturated heterocycles. The van der Waals surface area contributed by atoms with Crippen LogP contribution in [0.3, 0.4) is 0 Å². The molecule has 1 heterocycles. The molecule has 0 radical (unpaired) electrons. The zero-order valence-corrected chi connectivity index (χ0v) is 17.2. The Morgan fingerprint density at radius 2 is 1.64 bits per heavy atom. The Morgan fingerprint density at radius 1 is 1.07 bits per heavy atom. The van der Waals surface area contributed by atoms with E-state index in [1.807, 2.05) is 67.6 Å². The predicted molar refractivity (Wildman–Crippen MR) is 114 cm³/mol. The second-order valence-corrected chi connectivity index (χ2v) is 7.23. The Balaban J connectivity index is 0.00000280. The molecule has 152 valence electrons. The summed E-state index contributed by atoms with van der Waals surface area (Å²) in [6.07, 6.45) is 1.74. The van der Waals surface area contributed by atoms with Crippen LogP contribution in [0.15, 0.2) is 60.7 Å². The average molecular weight is 404 g/mol. The molecule has 4 nitrogen and oxygen atoms in total. The first kappa shape index (κ1) is 22.4. The summed E-state index contributed by atoms with van der Waals surface area (Å²) in [5.74, 6) is -0.111. The molecule has 0 aliphatic carbocycles. The predicted octanol–water partition coefficient (Wildman–Crippen LogP) is 4.13. The van der Waals surface area contributed by atoms with Gasteiger partial charge in [-0.05, 0) is 50.4 Å². The van der Waals surface area contributed by atoms with Gasteiger partial charge in [0.25, 0.3) is 0 Å². The standard InChI is InChI=1S/C23H29NO3.ClH/c1-2-27-22(26)23(20-11-7-4-8-12-20)14-17-24(18-15-23)16-13-21(25)19-9-5-3-6-10-19;/h3-12,21,25H,2,13-18H2,1H3;1H/t21-;/m1./s1. The monoisotopic (exact) mass is 403 g/mol. The fourth-order valence-corrected chi connectivity index (χ4v) is 3.94. The summed E-state index contributed by atoms with van der Waals surface area (Å²) in [6.45, 7) is 4.74. The smallest absolute Gasteiger partial charge is 0.316 e. The van der Waals surface area contributed by atoms with Crippen molar-refractivity contribution in [3.8, 4) is 0 Å². The molecule has 28 heavy (non-hydrogen) atoms. The number of aliphatic hydroxyl groups is 1. The highest BCUT2D eigenvalue weighted by Gasteiger charge is 2.44. The molecule has 1 atom stereocenters. The average Bonchev–Trinajstić information content (AvgIpc) is 2.74. The molecule has 0 amide bonds. The van der Waals surface area contributed by atoms with Gasteiger partial charge < -0.3 is 14.7 Å². The summed E-state index contributed by atoms with van der Waals surface area (Å²) < 4.78 is 5.43. The Morgan fingerprint density at radius 3 is 2.21 bits per heavy atom. The molecular weight excluding hydrogens is 374 g/mol. The summed E-state index contributed by atoms with van der Waals surface area (Å²) in [6, 6.07) is 19.8. The highest BCUT2D eigenvalue weighted by atomic mass is 35.5. The number of benzene rings is 2. The number of rotatable bonds is 7. The van der Waals surface area contributed by atoms with Crippen molar-refractivity contribution in [3.63, 3.8) is 0 Å². The summed E-state index contributed by atoms with van der Waals surface area (Å²) in [7, 11) is 0. The van der Waals surface area contributed by atoms with E-state index in [9.17, 15) is 9.90 Å². The maximum Gasteiger partial charge on any atom is 0.316 e. The van der Waals surface area contributed by atoms with Crippen LogP contribution in [-0.2, 0) is 14.9 Å². The van der Waals surface area contributed by atoms with Gasteiger partial charge >= 0.3 is 5.97 Å². The molecule has 1 aliphatic rings. The fraction of sp³-hybridized carbons (Fsp3) is 0.435. The molecule has 1 fully saturated rings. The SMILES string of the molecule is CCOC(=O)C1(c2ccccc2)CCN(CC[C@@H](O)c2ccccc2)CC1.Cl. The van der Waals surface area contributed by atoms with Crippen LogP contribution in [0.25, 0.3) is 0 Å². The number of piperidine rings is 1. The van der Waals surface area contributed by atoms with Gasteiger partial charge in [-0.3, -0.25) is 4.79 Å². The number of esters is 1. The third kappa shape index (κ3) is 5.13. The van der Waals surface area contributed by atoms with Crippen molar-refractivity contribution in [2.24, 2.45) is 0 Å². The molecule has 1 aliphatic heterocycles. The van der Waals surface area contributed by atoms with Crippen LogP contribution in [-0.4, -0.2) is 42.2 Å². The van der Waals surface area contributed by atoms with Crippen LogP contribution in [0, 0.1) is 0 Å². The molecule has 0 bridgehead atoms.